The Morgan fingerprint density at radius 3 is 2.35 bits per heavy atom. The summed E-state index contributed by atoms with van der Waals surface area (Å²) in [4.78, 5) is 4.40. The molecule has 0 radical (unpaired) electrons. The van der Waals surface area contributed by atoms with E-state index in [0.717, 1.165) is 19.6 Å². The van der Waals surface area contributed by atoms with Crippen LogP contribution < -0.4 is 11.1 Å². The molecule has 4 heteroatoms. The van der Waals surface area contributed by atoms with Gasteiger partial charge < -0.3 is 15.8 Å². The molecule has 2 fully saturated rings. The lowest BCUT2D eigenvalue weighted by molar-refractivity contribution is 0.0281. The molecule has 2 rings (SSSR count). The zero-order valence-electron chi connectivity index (χ0n) is 12.8. The van der Waals surface area contributed by atoms with Crippen LogP contribution in [0.3, 0.4) is 0 Å². The average molecular weight is 281 g/mol. The Bertz CT molecular complexity index is 281. The second kappa shape index (κ2) is 9.22. The summed E-state index contributed by atoms with van der Waals surface area (Å²) in [5.41, 5.74) is 5.93. The third-order valence-electron chi connectivity index (χ3n) is 4.45. The van der Waals surface area contributed by atoms with Crippen LogP contribution in [0.15, 0.2) is 4.99 Å². The minimum Gasteiger partial charge on any atom is -0.378 e. The highest BCUT2D eigenvalue weighted by molar-refractivity contribution is 5.78. The van der Waals surface area contributed by atoms with Crippen LogP contribution in [0.4, 0.5) is 0 Å². The fourth-order valence-electron chi connectivity index (χ4n) is 3.25. The lowest BCUT2D eigenvalue weighted by Crippen LogP contribution is -2.41. The van der Waals surface area contributed by atoms with Crippen LogP contribution in [0.5, 0.6) is 0 Å². The quantitative estimate of drug-likeness (QED) is 0.447. The van der Waals surface area contributed by atoms with E-state index >= 15 is 0 Å². The van der Waals surface area contributed by atoms with Crippen molar-refractivity contribution in [2.24, 2.45) is 10.7 Å². The molecule has 0 aromatic rings. The third kappa shape index (κ3) is 6.12. The number of ether oxygens (including phenoxy) is 1. The molecule has 0 amide bonds. The van der Waals surface area contributed by atoms with Crippen LogP contribution in [0.2, 0.25) is 0 Å². The maximum absolute atomic E-state index is 5.93. The van der Waals surface area contributed by atoms with Crippen LogP contribution in [0, 0.1) is 0 Å². The van der Waals surface area contributed by atoms with Crippen LogP contribution in [-0.2, 0) is 4.74 Å². The third-order valence-corrected chi connectivity index (χ3v) is 4.45. The number of aliphatic imine (C=N–C) groups is 1. The maximum Gasteiger partial charge on any atom is 0.188 e. The van der Waals surface area contributed by atoms with Crippen molar-refractivity contribution in [3.63, 3.8) is 0 Å². The fraction of sp³-hybridized carbons (Fsp3) is 0.938. The van der Waals surface area contributed by atoms with Gasteiger partial charge in [-0.25, -0.2) is 0 Å². The van der Waals surface area contributed by atoms with Gasteiger partial charge in [-0.2, -0.15) is 0 Å². The van der Waals surface area contributed by atoms with E-state index in [1.54, 1.807) is 0 Å². The summed E-state index contributed by atoms with van der Waals surface area (Å²) in [6.45, 7) is 1.60. The Labute approximate surface area is 123 Å². The monoisotopic (exact) mass is 281 g/mol. The first-order valence-electron chi connectivity index (χ1n) is 8.52. The van der Waals surface area contributed by atoms with E-state index in [0.29, 0.717) is 18.1 Å². The standard InChI is InChI=1S/C16H31N3O/c17-16(19-14-8-3-1-4-9-14)18-12-7-13-20-15-10-5-2-6-11-15/h14-15H,1-13H2,(H3,17,18,19). The summed E-state index contributed by atoms with van der Waals surface area (Å²) in [5.74, 6) is 0.620. The SMILES string of the molecule is NC(=NCCCOC1CCCCC1)NC1CCCCC1. The van der Waals surface area contributed by atoms with Gasteiger partial charge >= 0.3 is 0 Å². The highest BCUT2D eigenvalue weighted by Gasteiger charge is 2.14. The highest BCUT2D eigenvalue weighted by atomic mass is 16.5. The predicted molar refractivity (Wildman–Crippen MR) is 83.9 cm³/mol. The normalized spacial score (nSPS) is 22.9. The molecule has 20 heavy (non-hydrogen) atoms. The number of nitrogens with two attached hydrogens (primary N) is 1. The van der Waals surface area contributed by atoms with E-state index in [4.69, 9.17) is 10.5 Å². The lowest BCUT2D eigenvalue weighted by Gasteiger charge is -2.23. The minimum atomic E-state index is 0.505. The smallest absolute Gasteiger partial charge is 0.188 e. The van der Waals surface area contributed by atoms with Gasteiger partial charge in [0.1, 0.15) is 0 Å². The molecular formula is C16H31N3O. The van der Waals surface area contributed by atoms with Gasteiger partial charge in [-0.3, -0.25) is 4.99 Å². The summed E-state index contributed by atoms with van der Waals surface area (Å²) in [7, 11) is 0. The first-order chi connectivity index (χ1) is 9.84. The van der Waals surface area contributed by atoms with Gasteiger partial charge in [0.05, 0.1) is 6.10 Å². The molecule has 0 saturated heterocycles. The molecule has 0 spiro atoms. The Morgan fingerprint density at radius 1 is 1.00 bits per heavy atom. The van der Waals surface area contributed by atoms with E-state index in [1.807, 2.05) is 0 Å². The molecule has 0 unspecified atom stereocenters. The van der Waals surface area contributed by atoms with Gasteiger partial charge in [0.25, 0.3) is 0 Å². The topological polar surface area (TPSA) is 59.6 Å². The number of rotatable bonds is 6. The maximum atomic E-state index is 5.93. The Kier molecular flexibility index (Phi) is 7.20. The first-order valence-corrected chi connectivity index (χ1v) is 8.52. The Hall–Kier alpha value is -0.770. The molecule has 116 valence electrons. The highest BCUT2D eigenvalue weighted by Crippen LogP contribution is 2.20. The number of guanidine groups is 1. The molecular weight excluding hydrogens is 250 g/mol. The predicted octanol–water partition coefficient (Wildman–Crippen LogP) is 2.96. The molecule has 3 N–H and O–H groups in total. The van der Waals surface area contributed by atoms with Crippen molar-refractivity contribution in [3.05, 3.63) is 0 Å². The van der Waals surface area contributed by atoms with Crippen molar-refractivity contribution in [2.75, 3.05) is 13.2 Å². The van der Waals surface area contributed by atoms with Gasteiger partial charge in [0.2, 0.25) is 0 Å². The first kappa shape index (κ1) is 15.6. The fourth-order valence-corrected chi connectivity index (χ4v) is 3.25. The van der Waals surface area contributed by atoms with E-state index in [9.17, 15) is 0 Å². The van der Waals surface area contributed by atoms with E-state index in [2.05, 4.69) is 10.3 Å². The lowest BCUT2D eigenvalue weighted by atomic mass is 9.96. The minimum absolute atomic E-state index is 0.505. The van der Waals surface area contributed by atoms with Crippen LogP contribution >= 0.6 is 0 Å². The van der Waals surface area contributed by atoms with Crippen molar-refractivity contribution in [2.45, 2.75) is 82.8 Å². The van der Waals surface area contributed by atoms with Crippen LogP contribution in [0.1, 0.15) is 70.6 Å². The van der Waals surface area contributed by atoms with Crippen molar-refractivity contribution < 1.29 is 4.74 Å². The summed E-state index contributed by atoms with van der Waals surface area (Å²) >= 11 is 0. The Balaban J connectivity index is 1.51. The molecule has 0 aromatic heterocycles. The number of nitrogens with one attached hydrogen (secondary N) is 1. The molecule has 2 aliphatic rings. The second-order valence-electron chi connectivity index (χ2n) is 6.23. The molecule has 0 heterocycles. The molecule has 2 aliphatic carbocycles. The van der Waals surface area contributed by atoms with Crippen molar-refractivity contribution in [1.29, 1.82) is 0 Å². The zero-order chi connectivity index (χ0) is 14.0. The van der Waals surface area contributed by atoms with Gasteiger partial charge in [-0.05, 0) is 32.1 Å². The number of nitrogens with zero attached hydrogens (tertiary/aromatic N) is 1. The zero-order valence-corrected chi connectivity index (χ0v) is 12.8. The second-order valence-corrected chi connectivity index (χ2v) is 6.23. The van der Waals surface area contributed by atoms with E-state index < -0.39 is 0 Å². The van der Waals surface area contributed by atoms with E-state index in [1.165, 1.54) is 64.2 Å². The van der Waals surface area contributed by atoms with Crippen LogP contribution in [-0.4, -0.2) is 31.3 Å². The van der Waals surface area contributed by atoms with Gasteiger partial charge in [-0.15, -0.1) is 0 Å². The van der Waals surface area contributed by atoms with Gasteiger partial charge in [0.15, 0.2) is 5.96 Å². The number of hydrogen-bond donors (Lipinski definition) is 2. The van der Waals surface area contributed by atoms with Crippen molar-refractivity contribution in [1.82, 2.24) is 5.32 Å². The van der Waals surface area contributed by atoms with Gasteiger partial charge in [0, 0.05) is 19.2 Å². The molecule has 0 atom stereocenters. The molecule has 4 nitrogen and oxygen atoms in total. The van der Waals surface area contributed by atoms with Crippen molar-refractivity contribution >= 4 is 5.96 Å². The largest absolute Gasteiger partial charge is 0.378 e. The summed E-state index contributed by atoms with van der Waals surface area (Å²) in [6, 6.07) is 0.547. The summed E-state index contributed by atoms with van der Waals surface area (Å²) in [6.07, 6.45) is 14.5. The van der Waals surface area contributed by atoms with Crippen LogP contribution in [0.25, 0.3) is 0 Å². The number of hydrogen-bond acceptors (Lipinski definition) is 2. The average Bonchev–Trinajstić information content (AvgIpc) is 2.49. The molecule has 0 aliphatic heterocycles. The summed E-state index contributed by atoms with van der Waals surface area (Å²) < 4.78 is 5.88. The molecule has 0 bridgehead atoms. The van der Waals surface area contributed by atoms with Crippen molar-refractivity contribution in [3.8, 4) is 0 Å². The molecule has 2 saturated carbocycles. The molecule has 0 aromatic carbocycles. The Morgan fingerprint density at radius 2 is 1.65 bits per heavy atom. The van der Waals surface area contributed by atoms with Gasteiger partial charge in [-0.1, -0.05) is 38.5 Å². The van der Waals surface area contributed by atoms with E-state index in [-0.39, 0.29) is 0 Å². The summed E-state index contributed by atoms with van der Waals surface area (Å²) in [5, 5.41) is 3.35.